The number of rotatable bonds is 3. The molecule has 0 bridgehead atoms. The predicted octanol–water partition coefficient (Wildman–Crippen LogP) is 1.62. The third-order valence-corrected chi connectivity index (χ3v) is 2.66. The van der Waals surface area contributed by atoms with Gasteiger partial charge in [0.05, 0.1) is 0 Å². The predicted molar refractivity (Wildman–Crippen MR) is 55.6 cm³/mol. The number of urea groups is 1. The molecule has 7 heteroatoms. The summed E-state index contributed by atoms with van der Waals surface area (Å²) >= 11 is 0. The van der Waals surface area contributed by atoms with Crippen LogP contribution in [0.25, 0.3) is 0 Å². The fourth-order valence-corrected chi connectivity index (χ4v) is 1.71. The molecule has 1 aliphatic heterocycles. The van der Waals surface area contributed by atoms with Crippen molar-refractivity contribution in [2.24, 2.45) is 5.92 Å². The SMILES string of the molecule is CN(CC1CCOCC1)C(=O)NCC(F)(F)F. The number of ether oxygens (including phenoxy) is 1. The van der Waals surface area contributed by atoms with Gasteiger partial charge in [-0.15, -0.1) is 0 Å². The van der Waals surface area contributed by atoms with Crippen LogP contribution in [0.5, 0.6) is 0 Å². The van der Waals surface area contributed by atoms with Crippen molar-refractivity contribution in [3.63, 3.8) is 0 Å². The number of nitrogens with one attached hydrogen (secondary N) is 1. The highest BCUT2D eigenvalue weighted by atomic mass is 19.4. The van der Waals surface area contributed by atoms with E-state index in [9.17, 15) is 18.0 Å². The molecule has 0 aromatic heterocycles. The summed E-state index contributed by atoms with van der Waals surface area (Å²) < 4.78 is 40.8. The largest absolute Gasteiger partial charge is 0.405 e. The molecule has 1 rings (SSSR count). The topological polar surface area (TPSA) is 41.6 Å². The van der Waals surface area contributed by atoms with Crippen molar-refractivity contribution in [3.8, 4) is 0 Å². The van der Waals surface area contributed by atoms with E-state index in [1.165, 1.54) is 11.9 Å². The summed E-state index contributed by atoms with van der Waals surface area (Å²) in [6.45, 7) is 0.488. The molecule has 0 radical (unpaired) electrons. The summed E-state index contributed by atoms with van der Waals surface area (Å²) in [6, 6.07) is -0.686. The molecule has 0 atom stereocenters. The quantitative estimate of drug-likeness (QED) is 0.831. The van der Waals surface area contributed by atoms with Crippen molar-refractivity contribution in [2.45, 2.75) is 19.0 Å². The molecular weight excluding hydrogens is 237 g/mol. The minimum Gasteiger partial charge on any atom is -0.381 e. The van der Waals surface area contributed by atoms with E-state index in [4.69, 9.17) is 4.74 Å². The number of alkyl halides is 3. The van der Waals surface area contributed by atoms with Gasteiger partial charge in [-0.2, -0.15) is 13.2 Å². The van der Waals surface area contributed by atoms with Gasteiger partial charge in [0.25, 0.3) is 0 Å². The van der Waals surface area contributed by atoms with E-state index in [-0.39, 0.29) is 0 Å². The first kappa shape index (κ1) is 14.1. The summed E-state index contributed by atoms with van der Waals surface area (Å²) in [4.78, 5) is 12.6. The zero-order chi connectivity index (χ0) is 12.9. The molecule has 1 fully saturated rings. The monoisotopic (exact) mass is 254 g/mol. The molecule has 1 heterocycles. The van der Waals surface area contributed by atoms with Gasteiger partial charge >= 0.3 is 12.2 Å². The smallest absolute Gasteiger partial charge is 0.381 e. The van der Waals surface area contributed by atoms with Crippen LogP contribution in [0.15, 0.2) is 0 Å². The second-order valence-electron chi connectivity index (χ2n) is 4.21. The average molecular weight is 254 g/mol. The standard InChI is InChI=1S/C10H17F3N2O2/c1-15(6-8-2-4-17-5-3-8)9(16)14-7-10(11,12)13/h8H,2-7H2,1H3,(H,14,16). The molecule has 0 saturated carbocycles. The Morgan fingerprint density at radius 1 is 1.41 bits per heavy atom. The van der Waals surface area contributed by atoms with Crippen LogP contribution in [0, 0.1) is 5.92 Å². The van der Waals surface area contributed by atoms with Crippen molar-refractivity contribution in [1.82, 2.24) is 10.2 Å². The van der Waals surface area contributed by atoms with E-state index in [1.54, 1.807) is 0 Å². The number of amides is 2. The van der Waals surface area contributed by atoms with Gasteiger partial charge in [-0.1, -0.05) is 0 Å². The van der Waals surface area contributed by atoms with E-state index in [1.807, 2.05) is 5.32 Å². The Bertz CT molecular complexity index is 252. The number of halogens is 3. The maximum Gasteiger partial charge on any atom is 0.405 e. The second-order valence-corrected chi connectivity index (χ2v) is 4.21. The number of carbonyl (C=O) groups excluding carboxylic acids is 1. The Morgan fingerprint density at radius 3 is 2.53 bits per heavy atom. The number of carbonyl (C=O) groups is 1. The van der Waals surface area contributed by atoms with Crippen LogP contribution >= 0.6 is 0 Å². The van der Waals surface area contributed by atoms with Crippen LogP contribution in [0.4, 0.5) is 18.0 Å². The van der Waals surface area contributed by atoms with Crippen molar-refractivity contribution in [1.29, 1.82) is 0 Å². The van der Waals surface area contributed by atoms with Gasteiger partial charge in [0, 0.05) is 26.8 Å². The molecule has 0 aromatic rings. The van der Waals surface area contributed by atoms with Gasteiger partial charge < -0.3 is 15.0 Å². The van der Waals surface area contributed by atoms with Crippen LogP contribution in [0.1, 0.15) is 12.8 Å². The van der Waals surface area contributed by atoms with Crippen molar-refractivity contribution in [3.05, 3.63) is 0 Å². The lowest BCUT2D eigenvalue weighted by Gasteiger charge is -2.27. The Hall–Kier alpha value is -0.980. The van der Waals surface area contributed by atoms with E-state index in [0.717, 1.165) is 12.8 Å². The Morgan fingerprint density at radius 2 is 2.00 bits per heavy atom. The highest BCUT2D eigenvalue weighted by molar-refractivity contribution is 5.73. The van der Waals surface area contributed by atoms with Gasteiger partial charge in [-0.3, -0.25) is 0 Å². The zero-order valence-corrected chi connectivity index (χ0v) is 9.72. The molecule has 100 valence electrons. The molecule has 1 aliphatic rings. The summed E-state index contributed by atoms with van der Waals surface area (Å²) in [5.41, 5.74) is 0. The lowest BCUT2D eigenvalue weighted by Crippen LogP contribution is -2.44. The van der Waals surface area contributed by atoms with Crippen LogP contribution < -0.4 is 5.32 Å². The van der Waals surface area contributed by atoms with E-state index >= 15 is 0 Å². The number of nitrogens with zero attached hydrogens (tertiary/aromatic N) is 1. The minimum atomic E-state index is -4.37. The fourth-order valence-electron chi connectivity index (χ4n) is 1.71. The normalized spacial score (nSPS) is 17.9. The number of hydrogen-bond donors (Lipinski definition) is 1. The molecular formula is C10H17F3N2O2. The lowest BCUT2D eigenvalue weighted by molar-refractivity contribution is -0.123. The maximum absolute atomic E-state index is 11.9. The lowest BCUT2D eigenvalue weighted by atomic mass is 10.0. The van der Waals surface area contributed by atoms with Crippen LogP contribution in [-0.4, -0.2) is 50.5 Å². The molecule has 0 spiro atoms. The van der Waals surface area contributed by atoms with Gasteiger partial charge in [0.2, 0.25) is 0 Å². The highest BCUT2D eigenvalue weighted by Gasteiger charge is 2.28. The van der Waals surface area contributed by atoms with Gasteiger partial charge in [-0.05, 0) is 18.8 Å². The van der Waals surface area contributed by atoms with E-state index in [2.05, 4.69) is 0 Å². The van der Waals surface area contributed by atoms with Gasteiger partial charge in [-0.25, -0.2) is 4.79 Å². The van der Waals surface area contributed by atoms with Crippen LogP contribution in [0.3, 0.4) is 0 Å². The molecule has 0 unspecified atom stereocenters. The summed E-state index contributed by atoms with van der Waals surface area (Å²) in [6.07, 6.45) is -2.68. The summed E-state index contributed by atoms with van der Waals surface area (Å²) in [7, 11) is 1.50. The minimum absolute atomic E-state index is 0.311. The molecule has 1 saturated heterocycles. The fraction of sp³-hybridized carbons (Fsp3) is 0.900. The first-order valence-electron chi connectivity index (χ1n) is 5.52. The molecule has 17 heavy (non-hydrogen) atoms. The Labute approximate surface area is 98.1 Å². The summed E-state index contributed by atoms with van der Waals surface area (Å²) in [5, 5.41) is 1.84. The zero-order valence-electron chi connectivity index (χ0n) is 9.72. The third kappa shape index (κ3) is 5.76. The first-order valence-corrected chi connectivity index (χ1v) is 5.52. The van der Waals surface area contributed by atoms with Crippen molar-refractivity contribution >= 4 is 6.03 Å². The van der Waals surface area contributed by atoms with Crippen molar-refractivity contribution in [2.75, 3.05) is 33.4 Å². The molecule has 1 N–H and O–H groups in total. The molecule has 0 aromatic carbocycles. The third-order valence-electron chi connectivity index (χ3n) is 2.66. The van der Waals surface area contributed by atoms with Crippen LogP contribution in [0.2, 0.25) is 0 Å². The van der Waals surface area contributed by atoms with E-state index < -0.39 is 18.8 Å². The second kappa shape index (κ2) is 6.09. The van der Waals surface area contributed by atoms with Gasteiger partial charge in [0.15, 0.2) is 0 Å². The molecule has 2 amide bonds. The first-order chi connectivity index (χ1) is 7.88. The van der Waals surface area contributed by atoms with E-state index in [0.29, 0.717) is 25.7 Å². The summed E-state index contributed by atoms with van der Waals surface area (Å²) in [5.74, 6) is 0.311. The van der Waals surface area contributed by atoms with Crippen molar-refractivity contribution < 1.29 is 22.7 Å². The number of hydrogen-bond acceptors (Lipinski definition) is 2. The molecule has 4 nitrogen and oxygen atoms in total. The Balaban J connectivity index is 2.26. The Kier molecular flexibility index (Phi) is 5.04. The van der Waals surface area contributed by atoms with Gasteiger partial charge in [0.1, 0.15) is 6.54 Å². The maximum atomic E-state index is 11.9. The molecule has 0 aliphatic carbocycles. The van der Waals surface area contributed by atoms with Crippen LogP contribution in [-0.2, 0) is 4.74 Å². The highest BCUT2D eigenvalue weighted by Crippen LogP contribution is 2.16. The average Bonchev–Trinajstić information content (AvgIpc) is 2.26.